The molecule has 0 bridgehead atoms. The number of alkyl halides is 1. The highest BCUT2D eigenvalue weighted by Gasteiger charge is 2.21. The molecule has 2 amide bonds. The first kappa shape index (κ1) is 11.2. The SMILES string of the molecule is CC(C)(CC(N)=O)NC(=O)CCl. The molecule has 0 atom stereocenters. The van der Waals surface area contributed by atoms with Crippen LogP contribution < -0.4 is 11.1 Å². The lowest BCUT2D eigenvalue weighted by molar-refractivity contribution is -0.122. The van der Waals surface area contributed by atoms with Gasteiger partial charge in [0.15, 0.2) is 0 Å². The van der Waals surface area contributed by atoms with Crippen molar-refractivity contribution in [3.8, 4) is 0 Å². The van der Waals surface area contributed by atoms with Crippen molar-refractivity contribution in [3.05, 3.63) is 0 Å². The van der Waals surface area contributed by atoms with Crippen LogP contribution in [-0.4, -0.2) is 23.2 Å². The molecule has 0 fully saturated rings. The summed E-state index contributed by atoms with van der Waals surface area (Å²) in [5, 5.41) is 2.57. The van der Waals surface area contributed by atoms with Gasteiger partial charge in [0, 0.05) is 12.0 Å². The molecule has 0 aliphatic carbocycles. The Morgan fingerprint density at radius 3 is 2.33 bits per heavy atom. The fourth-order valence-electron chi connectivity index (χ4n) is 0.891. The Labute approximate surface area is 76.4 Å². The van der Waals surface area contributed by atoms with Gasteiger partial charge in [0.25, 0.3) is 0 Å². The molecule has 70 valence electrons. The molecule has 4 nitrogen and oxygen atoms in total. The van der Waals surface area contributed by atoms with E-state index in [0.29, 0.717) is 0 Å². The summed E-state index contributed by atoms with van der Waals surface area (Å²) in [7, 11) is 0. The average molecular weight is 193 g/mol. The van der Waals surface area contributed by atoms with Gasteiger partial charge in [-0.05, 0) is 13.8 Å². The molecule has 5 heteroatoms. The van der Waals surface area contributed by atoms with E-state index in [1.807, 2.05) is 0 Å². The minimum atomic E-state index is -0.613. The van der Waals surface area contributed by atoms with Gasteiger partial charge in [0.2, 0.25) is 11.8 Å². The Bertz CT molecular complexity index is 192. The summed E-state index contributed by atoms with van der Waals surface area (Å²) in [5.41, 5.74) is 4.36. The first-order chi connectivity index (χ1) is 5.37. The number of hydrogen-bond acceptors (Lipinski definition) is 2. The number of halogens is 1. The van der Waals surface area contributed by atoms with Crippen molar-refractivity contribution in [2.24, 2.45) is 5.73 Å². The van der Waals surface area contributed by atoms with Crippen LogP contribution in [-0.2, 0) is 9.59 Å². The van der Waals surface area contributed by atoms with Gasteiger partial charge < -0.3 is 11.1 Å². The van der Waals surface area contributed by atoms with Crippen molar-refractivity contribution in [1.82, 2.24) is 5.32 Å². The highest BCUT2D eigenvalue weighted by molar-refractivity contribution is 6.27. The van der Waals surface area contributed by atoms with Crippen molar-refractivity contribution < 1.29 is 9.59 Å². The van der Waals surface area contributed by atoms with Crippen molar-refractivity contribution in [1.29, 1.82) is 0 Å². The van der Waals surface area contributed by atoms with Gasteiger partial charge in [-0.3, -0.25) is 9.59 Å². The highest BCUT2D eigenvalue weighted by Crippen LogP contribution is 2.06. The lowest BCUT2D eigenvalue weighted by Crippen LogP contribution is -2.46. The molecule has 0 aromatic carbocycles. The summed E-state index contributed by atoms with van der Waals surface area (Å²) in [6.45, 7) is 3.42. The topological polar surface area (TPSA) is 72.2 Å². The summed E-state index contributed by atoms with van der Waals surface area (Å²) in [6, 6.07) is 0. The quantitative estimate of drug-likeness (QED) is 0.616. The number of primary amides is 1. The Kier molecular flexibility index (Phi) is 4.03. The number of amides is 2. The van der Waals surface area contributed by atoms with E-state index < -0.39 is 11.4 Å². The van der Waals surface area contributed by atoms with E-state index in [9.17, 15) is 9.59 Å². The standard InChI is InChI=1S/C7H13ClN2O2/c1-7(2,3-5(9)11)10-6(12)4-8/h3-4H2,1-2H3,(H2,9,11)(H,10,12). The highest BCUT2D eigenvalue weighted by atomic mass is 35.5. The van der Waals surface area contributed by atoms with Crippen LogP contribution in [0.5, 0.6) is 0 Å². The summed E-state index contributed by atoms with van der Waals surface area (Å²) in [5.74, 6) is -0.861. The third-order valence-corrected chi connectivity index (χ3v) is 1.46. The van der Waals surface area contributed by atoms with Crippen molar-refractivity contribution in [2.75, 3.05) is 5.88 Å². The van der Waals surface area contributed by atoms with E-state index in [1.165, 1.54) is 0 Å². The number of hydrogen-bond donors (Lipinski definition) is 2. The number of carbonyl (C=O) groups excluding carboxylic acids is 2. The molecule has 0 aliphatic rings. The summed E-state index contributed by atoms with van der Waals surface area (Å²) in [6.07, 6.45) is 0.107. The molecule has 12 heavy (non-hydrogen) atoms. The Hall–Kier alpha value is -0.770. The van der Waals surface area contributed by atoms with E-state index in [1.54, 1.807) is 13.8 Å². The molecule has 0 spiro atoms. The van der Waals surface area contributed by atoms with Gasteiger partial charge in [0.05, 0.1) is 0 Å². The van der Waals surface area contributed by atoms with Crippen LogP contribution in [0.15, 0.2) is 0 Å². The fraction of sp³-hybridized carbons (Fsp3) is 0.714. The van der Waals surface area contributed by atoms with E-state index in [0.717, 1.165) is 0 Å². The Morgan fingerprint density at radius 2 is 2.00 bits per heavy atom. The van der Waals surface area contributed by atoms with E-state index >= 15 is 0 Å². The predicted molar refractivity (Wildman–Crippen MR) is 46.8 cm³/mol. The van der Waals surface area contributed by atoms with Crippen molar-refractivity contribution in [2.45, 2.75) is 25.8 Å². The molecule has 0 heterocycles. The van der Waals surface area contributed by atoms with E-state index in [-0.39, 0.29) is 18.2 Å². The Balaban J connectivity index is 4.03. The maximum Gasteiger partial charge on any atom is 0.235 e. The second-order valence-corrected chi connectivity index (χ2v) is 3.48. The van der Waals surface area contributed by atoms with E-state index in [4.69, 9.17) is 17.3 Å². The van der Waals surface area contributed by atoms with Crippen molar-refractivity contribution >= 4 is 23.4 Å². The lowest BCUT2D eigenvalue weighted by Gasteiger charge is -2.23. The lowest BCUT2D eigenvalue weighted by atomic mass is 10.0. The third kappa shape index (κ3) is 4.96. The van der Waals surface area contributed by atoms with E-state index in [2.05, 4.69) is 5.32 Å². The molecular formula is C7H13ClN2O2. The van der Waals surface area contributed by atoms with Gasteiger partial charge in [-0.2, -0.15) is 0 Å². The zero-order valence-electron chi connectivity index (χ0n) is 7.19. The summed E-state index contributed by atoms with van der Waals surface area (Å²) >= 11 is 5.27. The molecule has 0 aliphatic heterocycles. The molecule has 0 unspecified atom stereocenters. The number of nitrogens with one attached hydrogen (secondary N) is 1. The minimum Gasteiger partial charge on any atom is -0.370 e. The molecule has 0 aromatic rings. The maximum absolute atomic E-state index is 10.8. The number of carbonyl (C=O) groups is 2. The molecule has 0 radical (unpaired) electrons. The molecule has 0 saturated carbocycles. The average Bonchev–Trinajstić information content (AvgIpc) is 1.83. The fourth-order valence-corrected chi connectivity index (χ4v) is 0.957. The Morgan fingerprint density at radius 1 is 1.50 bits per heavy atom. The third-order valence-electron chi connectivity index (χ3n) is 1.22. The van der Waals surface area contributed by atoms with Crippen LogP contribution in [0.3, 0.4) is 0 Å². The normalized spacial score (nSPS) is 10.9. The van der Waals surface area contributed by atoms with Crippen LogP contribution in [0.2, 0.25) is 0 Å². The van der Waals surface area contributed by atoms with Gasteiger partial charge in [-0.15, -0.1) is 11.6 Å². The summed E-state index contributed by atoms with van der Waals surface area (Å²) in [4.78, 5) is 21.3. The zero-order valence-corrected chi connectivity index (χ0v) is 7.94. The number of nitrogens with two attached hydrogens (primary N) is 1. The van der Waals surface area contributed by atoms with Crippen molar-refractivity contribution in [3.63, 3.8) is 0 Å². The zero-order chi connectivity index (χ0) is 9.78. The molecule has 0 saturated heterocycles. The van der Waals surface area contributed by atoms with Gasteiger partial charge in [-0.1, -0.05) is 0 Å². The van der Waals surface area contributed by atoms with Crippen LogP contribution >= 0.6 is 11.6 Å². The first-order valence-electron chi connectivity index (χ1n) is 3.52. The van der Waals surface area contributed by atoms with Crippen LogP contribution in [0, 0.1) is 0 Å². The number of rotatable bonds is 4. The molecule has 0 rings (SSSR count). The minimum absolute atomic E-state index is 0.107. The molecule has 0 aromatic heterocycles. The van der Waals surface area contributed by atoms with Crippen LogP contribution in [0.1, 0.15) is 20.3 Å². The van der Waals surface area contributed by atoms with Gasteiger partial charge in [0.1, 0.15) is 5.88 Å². The second kappa shape index (κ2) is 4.30. The largest absolute Gasteiger partial charge is 0.370 e. The smallest absolute Gasteiger partial charge is 0.235 e. The maximum atomic E-state index is 10.8. The summed E-state index contributed by atoms with van der Waals surface area (Å²) < 4.78 is 0. The van der Waals surface area contributed by atoms with Gasteiger partial charge >= 0.3 is 0 Å². The second-order valence-electron chi connectivity index (χ2n) is 3.21. The predicted octanol–water partition coefficient (Wildman–Crippen LogP) is -0.00460. The molecular weight excluding hydrogens is 180 g/mol. The van der Waals surface area contributed by atoms with Crippen LogP contribution in [0.4, 0.5) is 0 Å². The molecule has 3 N–H and O–H groups in total. The van der Waals surface area contributed by atoms with Crippen LogP contribution in [0.25, 0.3) is 0 Å². The van der Waals surface area contributed by atoms with Gasteiger partial charge in [-0.25, -0.2) is 0 Å². The monoisotopic (exact) mass is 192 g/mol. The first-order valence-corrected chi connectivity index (χ1v) is 4.06.